The second-order valence-electron chi connectivity index (χ2n) is 5.22. The number of nitrogens with one attached hydrogen (secondary N) is 1. The molecule has 21 heavy (non-hydrogen) atoms. The number of aromatic nitrogens is 2. The highest BCUT2D eigenvalue weighted by molar-refractivity contribution is 7.07. The van der Waals surface area contributed by atoms with Crippen LogP contribution < -0.4 is 5.32 Å². The fourth-order valence-corrected chi connectivity index (χ4v) is 2.41. The van der Waals surface area contributed by atoms with Gasteiger partial charge in [0.1, 0.15) is 0 Å². The number of anilines is 1. The van der Waals surface area contributed by atoms with Crippen molar-refractivity contribution in [3.05, 3.63) is 34.8 Å². The summed E-state index contributed by atoms with van der Waals surface area (Å²) < 4.78 is 1.32. The summed E-state index contributed by atoms with van der Waals surface area (Å²) in [6, 6.07) is 1.99. The van der Waals surface area contributed by atoms with E-state index in [1.54, 1.807) is 25.2 Å². The first-order valence-electron chi connectivity index (χ1n) is 6.49. The Bertz CT molecular complexity index is 632. The molecule has 0 atom stereocenters. The lowest BCUT2D eigenvalue weighted by molar-refractivity contribution is -0.146. The van der Waals surface area contributed by atoms with Gasteiger partial charge in [0.05, 0.1) is 11.9 Å². The molecule has 6 nitrogen and oxygen atoms in total. The zero-order valence-corrected chi connectivity index (χ0v) is 12.7. The average molecular weight is 307 g/mol. The minimum Gasteiger partial charge on any atom is -0.479 e. The molecule has 0 fully saturated rings. The van der Waals surface area contributed by atoms with Crippen LogP contribution in [-0.4, -0.2) is 26.8 Å². The van der Waals surface area contributed by atoms with E-state index in [4.69, 9.17) is 5.11 Å². The van der Waals surface area contributed by atoms with Crippen LogP contribution in [-0.2, 0) is 21.5 Å². The van der Waals surface area contributed by atoms with Crippen LogP contribution in [0.3, 0.4) is 0 Å². The number of hydrogen-bond donors (Lipinski definition) is 2. The van der Waals surface area contributed by atoms with E-state index < -0.39 is 11.5 Å². The summed E-state index contributed by atoms with van der Waals surface area (Å²) in [6.45, 7) is 3.09. The van der Waals surface area contributed by atoms with E-state index in [9.17, 15) is 9.59 Å². The second kappa shape index (κ2) is 6.09. The van der Waals surface area contributed by atoms with Gasteiger partial charge < -0.3 is 10.4 Å². The SMILES string of the molecule is CC(C)(C(=O)O)n1cc(NC(=O)CCc2ccsc2)cn1. The zero-order chi connectivity index (χ0) is 15.5. The molecule has 2 heterocycles. The first kappa shape index (κ1) is 15.2. The molecule has 2 N–H and O–H groups in total. The first-order valence-corrected chi connectivity index (χ1v) is 7.43. The van der Waals surface area contributed by atoms with Gasteiger partial charge in [-0.1, -0.05) is 0 Å². The molecule has 0 radical (unpaired) electrons. The third kappa shape index (κ3) is 3.69. The van der Waals surface area contributed by atoms with Crippen molar-refractivity contribution in [3.63, 3.8) is 0 Å². The van der Waals surface area contributed by atoms with Crippen molar-refractivity contribution in [2.24, 2.45) is 0 Å². The number of aryl methyl sites for hydroxylation is 1. The molecule has 0 unspecified atom stereocenters. The van der Waals surface area contributed by atoms with E-state index in [1.807, 2.05) is 16.8 Å². The Kier molecular flexibility index (Phi) is 4.42. The van der Waals surface area contributed by atoms with Crippen molar-refractivity contribution >= 4 is 28.9 Å². The molecule has 0 aliphatic rings. The number of aliphatic carboxylic acids is 1. The Hall–Kier alpha value is -2.15. The zero-order valence-electron chi connectivity index (χ0n) is 11.9. The average Bonchev–Trinajstić information content (AvgIpc) is 3.07. The normalized spacial score (nSPS) is 11.3. The summed E-state index contributed by atoms with van der Waals surface area (Å²) in [5.74, 6) is -1.10. The number of carbonyl (C=O) groups is 2. The molecule has 2 rings (SSSR count). The quantitative estimate of drug-likeness (QED) is 0.858. The third-order valence-electron chi connectivity index (χ3n) is 3.18. The molecule has 2 aromatic rings. The summed E-state index contributed by atoms with van der Waals surface area (Å²) in [7, 11) is 0. The summed E-state index contributed by atoms with van der Waals surface area (Å²) in [6.07, 6.45) is 4.04. The maximum atomic E-state index is 11.8. The Morgan fingerprint density at radius 1 is 1.48 bits per heavy atom. The van der Waals surface area contributed by atoms with E-state index in [0.29, 0.717) is 18.5 Å². The topological polar surface area (TPSA) is 84.2 Å². The molecule has 0 aliphatic heterocycles. The van der Waals surface area contributed by atoms with Crippen LogP contribution in [0.2, 0.25) is 0 Å². The lowest BCUT2D eigenvalue weighted by atomic mass is 10.1. The van der Waals surface area contributed by atoms with Gasteiger partial charge >= 0.3 is 5.97 Å². The second-order valence-corrected chi connectivity index (χ2v) is 6.00. The van der Waals surface area contributed by atoms with E-state index in [1.165, 1.54) is 17.1 Å². The van der Waals surface area contributed by atoms with Crippen LogP contribution in [0.4, 0.5) is 5.69 Å². The standard InChI is InChI=1S/C14H17N3O3S/c1-14(2,13(19)20)17-8-11(7-15-17)16-12(18)4-3-10-5-6-21-9-10/h5-9H,3-4H2,1-2H3,(H,16,18)(H,19,20). The van der Waals surface area contributed by atoms with Gasteiger partial charge in [-0.05, 0) is 42.7 Å². The van der Waals surface area contributed by atoms with Crippen molar-refractivity contribution in [1.29, 1.82) is 0 Å². The van der Waals surface area contributed by atoms with Crippen LogP contribution >= 0.6 is 11.3 Å². The largest absolute Gasteiger partial charge is 0.479 e. The van der Waals surface area contributed by atoms with Crippen LogP contribution in [0, 0.1) is 0 Å². The summed E-state index contributed by atoms with van der Waals surface area (Å²) in [5, 5.41) is 19.8. The Morgan fingerprint density at radius 3 is 2.86 bits per heavy atom. The maximum Gasteiger partial charge on any atom is 0.331 e. The molecular formula is C14H17N3O3S. The number of hydrogen-bond acceptors (Lipinski definition) is 4. The minimum atomic E-state index is -1.15. The van der Waals surface area contributed by atoms with Crippen LogP contribution in [0.25, 0.3) is 0 Å². The van der Waals surface area contributed by atoms with Crippen LogP contribution in [0.15, 0.2) is 29.2 Å². The lowest BCUT2D eigenvalue weighted by Gasteiger charge is -2.19. The highest BCUT2D eigenvalue weighted by Gasteiger charge is 2.30. The minimum absolute atomic E-state index is 0.117. The van der Waals surface area contributed by atoms with Crippen molar-refractivity contribution in [1.82, 2.24) is 9.78 Å². The molecule has 0 saturated heterocycles. The van der Waals surface area contributed by atoms with Gasteiger partial charge in [-0.25, -0.2) is 4.79 Å². The van der Waals surface area contributed by atoms with Crippen molar-refractivity contribution in [3.8, 4) is 0 Å². The Balaban J connectivity index is 1.93. The number of rotatable bonds is 6. The molecule has 0 aromatic carbocycles. The van der Waals surface area contributed by atoms with Gasteiger partial charge in [0, 0.05) is 12.6 Å². The highest BCUT2D eigenvalue weighted by atomic mass is 32.1. The van der Waals surface area contributed by atoms with Crippen LogP contribution in [0.1, 0.15) is 25.8 Å². The summed E-state index contributed by atoms with van der Waals surface area (Å²) in [5.41, 5.74) is 0.483. The van der Waals surface area contributed by atoms with Crippen molar-refractivity contribution in [2.45, 2.75) is 32.2 Å². The fourth-order valence-electron chi connectivity index (χ4n) is 1.71. The van der Waals surface area contributed by atoms with Gasteiger partial charge in [0.15, 0.2) is 5.54 Å². The number of carboxylic acids is 1. The predicted molar refractivity (Wildman–Crippen MR) is 80.5 cm³/mol. The van der Waals surface area contributed by atoms with E-state index in [-0.39, 0.29) is 5.91 Å². The molecule has 1 amide bonds. The lowest BCUT2D eigenvalue weighted by Crippen LogP contribution is -2.35. The molecule has 112 valence electrons. The van der Waals surface area contributed by atoms with Gasteiger partial charge in [0.2, 0.25) is 5.91 Å². The Labute approximate surface area is 126 Å². The number of amides is 1. The number of carbonyl (C=O) groups excluding carboxylic acids is 1. The van der Waals surface area contributed by atoms with Crippen LogP contribution in [0.5, 0.6) is 0 Å². The first-order chi connectivity index (χ1) is 9.89. The van der Waals surface area contributed by atoms with Gasteiger partial charge in [-0.15, -0.1) is 0 Å². The molecule has 0 aliphatic carbocycles. The monoisotopic (exact) mass is 307 g/mol. The number of thiophene rings is 1. The molecule has 7 heteroatoms. The molecule has 0 bridgehead atoms. The van der Waals surface area contributed by atoms with E-state index >= 15 is 0 Å². The summed E-state index contributed by atoms with van der Waals surface area (Å²) >= 11 is 1.60. The number of nitrogens with zero attached hydrogens (tertiary/aromatic N) is 2. The molecule has 0 saturated carbocycles. The highest BCUT2D eigenvalue weighted by Crippen LogP contribution is 2.17. The van der Waals surface area contributed by atoms with E-state index in [2.05, 4.69) is 10.4 Å². The van der Waals surface area contributed by atoms with Crippen molar-refractivity contribution in [2.75, 3.05) is 5.32 Å². The van der Waals surface area contributed by atoms with Gasteiger partial charge in [-0.3, -0.25) is 9.48 Å². The van der Waals surface area contributed by atoms with Crippen molar-refractivity contribution < 1.29 is 14.7 Å². The third-order valence-corrected chi connectivity index (χ3v) is 3.92. The molecule has 0 spiro atoms. The molecule has 2 aromatic heterocycles. The Morgan fingerprint density at radius 2 is 2.24 bits per heavy atom. The van der Waals surface area contributed by atoms with Gasteiger partial charge in [0.25, 0.3) is 0 Å². The smallest absolute Gasteiger partial charge is 0.331 e. The fraction of sp³-hybridized carbons (Fsp3) is 0.357. The maximum absolute atomic E-state index is 11.8. The van der Waals surface area contributed by atoms with Gasteiger partial charge in [-0.2, -0.15) is 16.4 Å². The van der Waals surface area contributed by atoms with E-state index in [0.717, 1.165) is 5.56 Å². The molecular weight excluding hydrogens is 290 g/mol. The predicted octanol–water partition coefficient (Wildman–Crippen LogP) is 2.34. The summed E-state index contributed by atoms with van der Waals surface area (Å²) in [4.78, 5) is 23.0. The number of carboxylic acid groups (broad SMARTS) is 1.